The summed E-state index contributed by atoms with van der Waals surface area (Å²) >= 11 is 1.39. The van der Waals surface area contributed by atoms with Crippen molar-refractivity contribution in [3.8, 4) is 33.6 Å². The SMILES string of the molecule is COc1ccc(CNC(=O)c2cc3c(cnn3C)c(-c3nc(-c4cc(C)nn4CCCOC4CCCCO4)sc3C=NS(=O)C(C)(C)C)n2)c(OC)c1. The molecule has 1 N–H and O–H groups in total. The van der Waals surface area contributed by atoms with Gasteiger partial charge in [0.2, 0.25) is 0 Å². The number of carbonyl (C=O) groups is 1. The highest BCUT2D eigenvalue weighted by atomic mass is 32.2. The summed E-state index contributed by atoms with van der Waals surface area (Å²) < 4.78 is 43.1. The van der Waals surface area contributed by atoms with Crippen LogP contribution in [-0.2, 0) is 40.6 Å². The summed E-state index contributed by atoms with van der Waals surface area (Å²) in [6.07, 6.45) is 6.99. The van der Waals surface area contributed by atoms with Gasteiger partial charge in [-0.3, -0.25) is 14.2 Å². The van der Waals surface area contributed by atoms with E-state index >= 15 is 0 Å². The van der Waals surface area contributed by atoms with Crippen LogP contribution in [-0.4, -0.2) is 84.3 Å². The predicted octanol–water partition coefficient (Wildman–Crippen LogP) is 6.03. The molecule has 53 heavy (non-hydrogen) atoms. The number of aryl methyl sites for hydroxylation is 3. The highest BCUT2D eigenvalue weighted by molar-refractivity contribution is 7.85. The zero-order chi connectivity index (χ0) is 37.7. The van der Waals surface area contributed by atoms with Crippen LogP contribution in [0.3, 0.4) is 0 Å². The number of fused-ring (bicyclic) bond motifs is 1. The number of nitrogens with one attached hydrogen (secondary N) is 1. The fourth-order valence-electron chi connectivity index (χ4n) is 5.82. The van der Waals surface area contributed by atoms with E-state index in [1.165, 1.54) is 11.3 Å². The fraction of sp³-hybridized carbons (Fsp3) is 0.459. The van der Waals surface area contributed by atoms with Gasteiger partial charge in [-0.15, -0.1) is 11.3 Å². The molecule has 282 valence electrons. The third-order valence-electron chi connectivity index (χ3n) is 8.66. The van der Waals surface area contributed by atoms with Crippen LogP contribution in [0.15, 0.2) is 40.9 Å². The number of thiazole rings is 1. The van der Waals surface area contributed by atoms with E-state index in [0.29, 0.717) is 56.8 Å². The van der Waals surface area contributed by atoms with E-state index in [0.717, 1.165) is 49.2 Å². The number of pyridine rings is 1. The van der Waals surface area contributed by atoms with Crippen LogP contribution < -0.4 is 14.8 Å². The largest absolute Gasteiger partial charge is 0.497 e. The summed E-state index contributed by atoms with van der Waals surface area (Å²) in [5, 5.41) is 13.6. The Morgan fingerprint density at radius 1 is 1.15 bits per heavy atom. The maximum Gasteiger partial charge on any atom is 0.270 e. The van der Waals surface area contributed by atoms with Crippen LogP contribution in [0.2, 0.25) is 0 Å². The zero-order valence-corrected chi connectivity index (χ0v) is 32.8. The molecule has 16 heteroatoms. The summed E-state index contributed by atoms with van der Waals surface area (Å²) in [4.78, 5) is 24.4. The number of amides is 1. The maximum atomic E-state index is 13.7. The molecule has 0 aliphatic carbocycles. The van der Waals surface area contributed by atoms with Crippen LogP contribution >= 0.6 is 11.3 Å². The van der Waals surface area contributed by atoms with Gasteiger partial charge in [0.15, 0.2) is 6.29 Å². The normalized spacial score (nSPS) is 15.6. The van der Waals surface area contributed by atoms with Crippen LogP contribution in [0.5, 0.6) is 11.5 Å². The first-order chi connectivity index (χ1) is 25.4. The van der Waals surface area contributed by atoms with Gasteiger partial charge in [0, 0.05) is 43.8 Å². The van der Waals surface area contributed by atoms with Gasteiger partial charge in [-0.05, 0) is 77.6 Å². The Morgan fingerprint density at radius 2 is 1.98 bits per heavy atom. The van der Waals surface area contributed by atoms with E-state index in [2.05, 4.69) is 14.8 Å². The molecule has 1 aliphatic rings. The molecule has 1 amide bonds. The van der Waals surface area contributed by atoms with Gasteiger partial charge in [0.25, 0.3) is 5.91 Å². The Balaban J connectivity index is 1.35. The molecule has 0 spiro atoms. The lowest BCUT2D eigenvalue weighted by Crippen LogP contribution is -2.24. The number of hydrogen-bond donors (Lipinski definition) is 1. The fourth-order valence-corrected chi connectivity index (χ4v) is 7.36. The molecular weight excluding hydrogens is 717 g/mol. The molecule has 5 aromatic rings. The van der Waals surface area contributed by atoms with Crippen molar-refractivity contribution in [2.24, 2.45) is 11.4 Å². The number of hydrogen-bond acceptors (Lipinski definition) is 11. The molecule has 0 saturated carbocycles. The van der Waals surface area contributed by atoms with E-state index in [1.807, 2.05) is 57.6 Å². The molecule has 4 aromatic heterocycles. The van der Waals surface area contributed by atoms with Gasteiger partial charge in [0.1, 0.15) is 44.6 Å². The summed E-state index contributed by atoms with van der Waals surface area (Å²) in [7, 11) is 3.44. The highest BCUT2D eigenvalue weighted by Crippen LogP contribution is 2.36. The lowest BCUT2D eigenvalue weighted by atomic mass is 10.1. The minimum atomic E-state index is -1.52. The van der Waals surface area contributed by atoms with Crippen molar-refractivity contribution in [3.05, 3.63) is 58.4 Å². The number of methoxy groups -OCH3 is 2. The molecule has 14 nitrogen and oxygen atoms in total. The van der Waals surface area contributed by atoms with E-state index in [4.69, 9.17) is 34.0 Å². The molecule has 1 aromatic carbocycles. The Kier molecular flexibility index (Phi) is 12.0. The first-order valence-corrected chi connectivity index (χ1v) is 19.4. The van der Waals surface area contributed by atoms with Crippen molar-refractivity contribution in [1.82, 2.24) is 34.8 Å². The van der Waals surface area contributed by atoms with Gasteiger partial charge in [-0.1, -0.05) is 0 Å². The average molecular weight is 763 g/mol. The van der Waals surface area contributed by atoms with Gasteiger partial charge in [-0.25, -0.2) is 14.2 Å². The van der Waals surface area contributed by atoms with Gasteiger partial charge < -0.3 is 24.3 Å². The zero-order valence-electron chi connectivity index (χ0n) is 31.2. The van der Waals surface area contributed by atoms with Gasteiger partial charge in [0.05, 0.1) is 59.8 Å². The van der Waals surface area contributed by atoms with Gasteiger partial charge >= 0.3 is 0 Å². The number of ether oxygens (including phenoxy) is 4. The molecule has 1 saturated heterocycles. The molecular formula is C37H46N8O6S2. The van der Waals surface area contributed by atoms with E-state index in [1.54, 1.807) is 43.4 Å². The third kappa shape index (κ3) is 9.00. The standard InChI is InChI=1S/C37H46N8O6S2/c1-23-17-29(45(43-23)14-10-16-51-32-11-8-9-15-50-32)36-42-34(31(52-36)22-40-53(47)37(2,3)4)33-26-21-39-44(5)28(26)19-27(41-33)35(46)38-20-24-12-13-25(48-6)18-30(24)49-7/h12-13,17-19,21-22,32H,8-11,14-16,20H2,1-7H3,(H,38,46). The number of aromatic nitrogens is 6. The molecule has 0 radical (unpaired) electrons. The second kappa shape index (κ2) is 16.7. The summed E-state index contributed by atoms with van der Waals surface area (Å²) in [6.45, 7) is 9.65. The van der Waals surface area contributed by atoms with Crippen molar-refractivity contribution in [1.29, 1.82) is 0 Å². The van der Waals surface area contributed by atoms with Crippen LogP contribution in [0.4, 0.5) is 0 Å². The molecule has 6 rings (SSSR count). The van der Waals surface area contributed by atoms with Gasteiger partial charge in [-0.2, -0.15) is 14.6 Å². The van der Waals surface area contributed by atoms with E-state index in [-0.39, 0.29) is 24.4 Å². The molecule has 2 unspecified atom stereocenters. The number of nitrogens with zero attached hydrogens (tertiary/aromatic N) is 7. The first kappa shape index (κ1) is 38.2. The van der Waals surface area contributed by atoms with Crippen LogP contribution in [0.1, 0.15) is 73.1 Å². The molecule has 1 fully saturated rings. The Hall–Kier alpha value is -4.51. The second-order valence-electron chi connectivity index (χ2n) is 13.7. The molecule has 5 heterocycles. The Bertz CT molecular complexity index is 2130. The van der Waals surface area contributed by atoms with E-state index < -0.39 is 15.7 Å². The second-order valence-corrected chi connectivity index (χ2v) is 16.6. The van der Waals surface area contributed by atoms with Crippen molar-refractivity contribution < 1.29 is 28.0 Å². The van der Waals surface area contributed by atoms with Crippen LogP contribution in [0, 0.1) is 6.92 Å². The monoisotopic (exact) mass is 762 g/mol. The average Bonchev–Trinajstić information content (AvgIpc) is 3.86. The number of rotatable bonds is 14. The quantitative estimate of drug-likeness (QED) is 0.105. The van der Waals surface area contributed by atoms with E-state index in [9.17, 15) is 9.00 Å². The van der Waals surface area contributed by atoms with Crippen molar-refractivity contribution in [3.63, 3.8) is 0 Å². The van der Waals surface area contributed by atoms with Crippen LogP contribution in [0.25, 0.3) is 33.0 Å². The lowest BCUT2D eigenvalue weighted by molar-refractivity contribution is -0.163. The third-order valence-corrected chi connectivity index (χ3v) is 11.0. The predicted molar refractivity (Wildman–Crippen MR) is 206 cm³/mol. The van der Waals surface area contributed by atoms with Crippen molar-refractivity contribution in [2.75, 3.05) is 27.4 Å². The summed E-state index contributed by atoms with van der Waals surface area (Å²) in [5.41, 5.74) is 4.27. The molecule has 0 bridgehead atoms. The van der Waals surface area contributed by atoms with Crippen molar-refractivity contribution in [2.45, 2.75) is 77.5 Å². The first-order valence-electron chi connectivity index (χ1n) is 17.5. The lowest BCUT2D eigenvalue weighted by Gasteiger charge is -2.22. The Morgan fingerprint density at radius 3 is 2.72 bits per heavy atom. The topological polar surface area (TPSA) is 157 Å². The smallest absolute Gasteiger partial charge is 0.270 e. The minimum absolute atomic E-state index is 0.149. The maximum absolute atomic E-state index is 13.7. The summed E-state index contributed by atoms with van der Waals surface area (Å²) in [5.74, 6) is 0.851. The Labute approximate surface area is 315 Å². The molecule has 2 atom stereocenters. The number of carbonyl (C=O) groups excluding carboxylic acids is 1. The number of benzene rings is 1. The van der Waals surface area contributed by atoms with Crippen molar-refractivity contribution >= 4 is 45.3 Å². The summed E-state index contributed by atoms with van der Waals surface area (Å²) in [6, 6.07) is 9.12. The minimum Gasteiger partial charge on any atom is -0.497 e. The molecule has 1 aliphatic heterocycles. The highest BCUT2D eigenvalue weighted by Gasteiger charge is 2.25.